The summed E-state index contributed by atoms with van der Waals surface area (Å²) in [4.78, 5) is 27.9. The van der Waals surface area contributed by atoms with E-state index < -0.39 is 5.97 Å². The Labute approximate surface area is 133 Å². The first kappa shape index (κ1) is 14.9. The van der Waals surface area contributed by atoms with Crippen molar-refractivity contribution in [2.24, 2.45) is 5.92 Å². The number of thioether (sulfide) groups is 2. The highest BCUT2D eigenvalue weighted by Gasteiger charge is 2.20. The zero-order chi connectivity index (χ0) is 14.8. The lowest BCUT2D eigenvalue weighted by atomic mass is 10.1. The van der Waals surface area contributed by atoms with E-state index in [2.05, 4.69) is 4.98 Å². The SMILES string of the molecule is O=C(O)CSc1nc2ccsc2c(=O)n1CC1CCSC1. The molecule has 1 aliphatic rings. The predicted molar refractivity (Wildman–Crippen MR) is 87.7 cm³/mol. The van der Waals surface area contributed by atoms with Crippen LogP contribution in [0.4, 0.5) is 0 Å². The second-order valence-electron chi connectivity index (χ2n) is 4.86. The number of carbonyl (C=O) groups is 1. The van der Waals surface area contributed by atoms with Crippen molar-refractivity contribution in [3.8, 4) is 0 Å². The van der Waals surface area contributed by atoms with E-state index >= 15 is 0 Å². The van der Waals surface area contributed by atoms with Gasteiger partial charge in [0.2, 0.25) is 0 Å². The predicted octanol–water partition coefficient (Wildman–Crippen LogP) is 2.39. The van der Waals surface area contributed by atoms with Crippen molar-refractivity contribution in [1.82, 2.24) is 9.55 Å². The van der Waals surface area contributed by atoms with Gasteiger partial charge in [0.05, 0.1) is 11.3 Å². The van der Waals surface area contributed by atoms with Gasteiger partial charge in [0.25, 0.3) is 5.56 Å². The fourth-order valence-electron chi connectivity index (χ4n) is 2.31. The maximum Gasteiger partial charge on any atom is 0.313 e. The second-order valence-corrected chi connectivity index (χ2v) is 7.87. The van der Waals surface area contributed by atoms with Crippen molar-refractivity contribution in [1.29, 1.82) is 0 Å². The molecule has 5 nitrogen and oxygen atoms in total. The topological polar surface area (TPSA) is 72.2 Å². The van der Waals surface area contributed by atoms with Crippen LogP contribution in [0, 0.1) is 5.92 Å². The third-order valence-corrected chi connectivity index (χ3v) is 6.40. The molecule has 0 bridgehead atoms. The average Bonchev–Trinajstić information content (AvgIpc) is 3.11. The molecule has 0 amide bonds. The van der Waals surface area contributed by atoms with Gasteiger partial charge in [-0.3, -0.25) is 14.2 Å². The number of carboxylic acids is 1. The number of hydrogen-bond donors (Lipinski definition) is 1. The quantitative estimate of drug-likeness (QED) is 0.664. The molecule has 1 unspecified atom stereocenters. The van der Waals surface area contributed by atoms with E-state index in [4.69, 9.17) is 5.11 Å². The monoisotopic (exact) mass is 342 g/mol. The Morgan fingerprint density at radius 1 is 1.57 bits per heavy atom. The van der Waals surface area contributed by atoms with Crippen LogP contribution in [0.2, 0.25) is 0 Å². The van der Waals surface area contributed by atoms with E-state index in [9.17, 15) is 9.59 Å². The summed E-state index contributed by atoms with van der Waals surface area (Å²) in [5, 5.41) is 11.2. The molecule has 0 spiro atoms. The molecule has 3 heterocycles. The normalized spacial score (nSPS) is 18.4. The van der Waals surface area contributed by atoms with Gasteiger partial charge in [-0.25, -0.2) is 4.98 Å². The van der Waals surface area contributed by atoms with Crippen LogP contribution in [0.25, 0.3) is 10.2 Å². The first-order chi connectivity index (χ1) is 10.1. The van der Waals surface area contributed by atoms with E-state index in [0.29, 0.717) is 27.8 Å². The van der Waals surface area contributed by atoms with Crippen molar-refractivity contribution in [3.63, 3.8) is 0 Å². The van der Waals surface area contributed by atoms with Gasteiger partial charge in [-0.15, -0.1) is 11.3 Å². The third kappa shape index (κ3) is 3.27. The van der Waals surface area contributed by atoms with Gasteiger partial charge in [-0.05, 0) is 35.3 Å². The lowest BCUT2D eigenvalue weighted by Gasteiger charge is -2.14. The first-order valence-electron chi connectivity index (χ1n) is 6.55. The summed E-state index contributed by atoms with van der Waals surface area (Å²) in [5.74, 6) is 1.67. The van der Waals surface area contributed by atoms with E-state index in [-0.39, 0.29) is 11.3 Å². The van der Waals surface area contributed by atoms with Gasteiger partial charge in [0, 0.05) is 6.54 Å². The van der Waals surface area contributed by atoms with Crippen molar-refractivity contribution >= 4 is 51.0 Å². The number of aliphatic carboxylic acids is 1. The van der Waals surface area contributed by atoms with Crippen LogP contribution in [0.1, 0.15) is 6.42 Å². The van der Waals surface area contributed by atoms with E-state index in [1.54, 1.807) is 4.57 Å². The summed E-state index contributed by atoms with van der Waals surface area (Å²) in [6, 6.07) is 1.81. The number of aromatic nitrogens is 2. The molecule has 2 aromatic rings. The fourth-order valence-corrected chi connectivity index (χ4v) is 5.09. The molecule has 112 valence electrons. The molecule has 2 aromatic heterocycles. The number of carboxylic acid groups (broad SMARTS) is 1. The number of rotatable bonds is 5. The van der Waals surface area contributed by atoms with Crippen LogP contribution in [0.3, 0.4) is 0 Å². The standard InChI is InChI=1S/C13H14N2O3S3/c16-10(17)7-21-13-14-9-2-4-20-11(9)12(18)15(13)5-8-1-3-19-6-8/h2,4,8H,1,3,5-7H2,(H,16,17). The molecule has 0 aliphatic carbocycles. The maximum atomic E-state index is 12.6. The Morgan fingerprint density at radius 3 is 3.14 bits per heavy atom. The van der Waals surface area contributed by atoms with Crippen LogP contribution in [0.15, 0.2) is 21.4 Å². The molecule has 0 radical (unpaired) electrons. The Balaban J connectivity index is 1.99. The highest BCUT2D eigenvalue weighted by molar-refractivity contribution is 7.99. The smallest absolute Gasteiger partial charge is 0.313 e. The molecule has 1 aliphatic heterocycles. The van der Waals surface area contributed by atoms with Crippen LogP contribution < -0.4 is 5.56 Å². The average molecular weight is 342 g/mol. The number of hydrogen-bond acceptors (Lipinski definition) is 6. The van der Waals surface area contributed by atoms with Gasteiger partial charge in [0.1, 0.15) is 4.70 Å². The van der Waals surface area contributed by atoms with Crippen LogP contribution in [-0.4, -0.2) is 37.9 Å². The first-order valence-corrected chi connectivity index (χ1v) is 9.57. The molecule has 3 rings (SSSR count). The summed E-state index contributed by atoms with van der Waals surface area (Å²) >= 11 is 4.42. The lowest BCUT2D eigenvalue weighted by Crippen LogP contribution is -2.26. The molecule has 8 heteroatoms. The van der Waals surface area contributed by atoms with Gasteiger partial charge in [-0.2, -0.15) is 11.8 Å². The maximum absolute atomic E-state index is 12.6. The van der Waals surface area contributed by atoms with Crippen molar-refractivity contribution in [2.45, 2.75) is 18.1 Å². The largest absolute Gasteiger partial charge is 0.481 e. The minimum atomic E-state index is -0.900. The Morgan fingerprint density at radius 2 is 2.43 bits per heavy atom. The number of nitrogens with zero attached hydrogens (tertiary/aromatic N) is 2. The molecule has 1 atom stereocenters. The van der Waals surface area contributed by atoms with Crippen LogP contribution in [0.5, 0.6) is 0 Å². The molecule has 1 saturated heterocycles. The van der Waals surface area contributed by atoms with E-state index in [1.165, 1.54) is 11.3 Å². The second kappa shape index (κ2) is 6.41. The summed E-state index contributed by atoms with van der Waals surface area (Å²) in [6.45, 7) is 0.634. The molecular weight excluding hydrogens is 328 g/mol. The Hall–Kier alpha value is -0.990. The summed E-state index contributed by atoms with van der Waals surface area (Å²) in [5.41, 5.74) is 0.620. The number of thiophene rings is 1. The summed E-state index contributed by atoms with van der Waals surface area (Å²) in [6.07, 6.45) is 1.10. The minimum Gasteiger partial charge on any atom is -0.481 e. The Kier molecular flexibility index (Phi) is 4.56. The van der Waals surface area contributed by atoms with Crippen molar-refractivity contribution in [3.05, 3.63) is 21.8 Å². The molecule has 21 heavy (non-hydrogen) atoms. The van der Waals surface area contributed by atoms with E-state index in [0.717, 1.165) is 29.7 Å². The van der Waals surface area contributed by atoms with E-state index in [1.807, 2.05) is 23.2 Å². The van der Waals surface area contributed by atoms with Gasteiger partial charge >= 0.3 is 5.97 Å². The summed E-state index contributed by atoms with van der Waals surface area (Å²) < 4.78 is 2.32. The van der Waals surface area contributed by atoms with Crippen molar-refractivity contribution in [2.75, 3.05) is 17.3 Å². The highest BCUT2D eigenvalue weighted by atomic mass is 32.2. The zero-order valence-corrected chi connectivity index (χ0v) is 13.6. The van der Waals surface area contributed by atoms with Gasteiger partial charge < -0.3 is 5.11 Å². The van der Waals surface area contributed by atoms with Crippen LogP contribution in [-0.2, 0) is 11.3 Å². The molecule has 1 N–H and O–H groups in total. The van der Waals surface area contributed by atoms with Gasteiger partial charge in [-0.1, -0.05) is 11.8 Å². The van der Waals surface area contributed by atoms with Crippen LogP contribution >= 0.6 is 34.9 Å². The number of fused-ring (bicyclic) bond motifs is 1. The molecule has 1 fully saturated rings. The third-order valence-electron chi connectivity index (χ3n) is 3.32. The molecular formula is C13H14N2O3S3. The zero-order valence-electron chi connectivity index (χ0n) is 11.2. The van der Waals surface area contributed by atoms with Crippen molar-refractivity contribution < 1.29 is 9.90 Å². The summed E-state index contributed by atoms with van der Waals surface area (Å²) in [7, 11) is 0. The molecule has 0 aromatic carbocycles. The highest BCUT2D eigenvalue weighted by Crippen LogP contribution is 2.27. The Bertz CT molecular complexity index is 719. The minimum absolute atomic E-state index is 0.0419. The fraction of sp³-hybridized carbons (Fsp3) is 0.462. The molecule has 0 saturated carbocycles. The van der Waals surface area contributed by atoms with Gasteiger partial charge in [0.15, 0.2) is 5.16 Å². The lowest BCUT2D eigenvalue weighted by molar-refractivity contribution is -0.133.